The van der Waals surface area contributed by atoms with Gasteiger partial charge in [0.15, 0.2) is 0 Å². The Labute approximate surface area is 165 Å². The zero-order valence-corrected chi connectivity index (χ0v) is 15.7. The number of carbonyl (C=O) groups is 1. The molecule has 1 saturated heterocycles. The Kier molecular flexibility index (Phi) is 5.64. The molecule has 0 N–H and O–H groups in total. The van der Waals surface area contributed by atoms with Gasteiger partial charge in [-0.2, -0.15) is 0 Å². The lowest BCUT2D eigenvalue weighted by molar-refractivity contribution is 0.0628. The summed E-state index contributed by atoms with van der Waals surface area (Å²) in [5, 5.41) is 0. The molecule has 1 aliphatic rings. The lowest BCUT2D eigenvalue weighted by Crippen LogP contribution is -2.48. The largest absolute Gasteiger partial charge is 0.457 e. The Bertz CT molecular complexity index is 890. The molecule has 0 aliphatic carbocycles. The minimum absolute atomic E-state index is 0.0785. The molecule has 0 unspecified atom stereocenters. The Morgan fingerprint density at radius 3 is 2.14 bits per heavy atom. The number of ether oxygens (including phenoxy) is 1. The van der Waals surface area contributed by atoms with Crippen molar-refractivity contribution in [3.8, 4) is 11.5 Å². The number of piperazine rings is 1. The molecule has 5 nitrogen and oxygen atoms in total. The Morgan fingerprint density at radius 2 is 1.46 bits per heavy atom. The molecular weight excluding hydrogens is 350 g/mol. The molecule has 1 fully saturated rings. The van der Waals surface area contributed by atoms with Crippen LogP contribution in [0.4, 0.5) is 0 Å². The molecule has 0 spiro atoms. The summed E-state index contributed by atoms with van der Waals surface area (Å²) < 4.78 is 5.79. The van der Waals surface area contributed by atoms with Crippen LogP contribution in [0.1, 0.15) is 15.9 Å². The van der Waals surface area contributed by atoms with Crippen LogP contribution in [-0.4, -0.2) is 46.9 Å². The number of carbonyl (C=O) groups excluding carboxylic acids is 1. The van der Waals surface area contributed by atoms with E-state index in [0.717, 1.165) is 44.2 Å². The van der Waals surface area contributed by atoms with Crippen LogP contribution in [0.25, 0.3) is 0 Å². The van der Waals surface area contributed by atoms with Gasteiger partial charge in [0.2, 0.25) is 0 Å². The molecule has 142 valence electrons. The van der Waals surface area contributed by atoms with Gasteiger partial charge in [-0.25, -0.2) is 0 Å². The van der Waals surface area contributed by atoms with Gasteiger partial charge in [-0.1, -0.05) is 18.2 Å². The van der Waals surface area contributed by atoms with Crippen molar-refractivity contribution >= 4 is 5.91 Å². The van der Waals surface area contributed by atoms with E-state index in [1.807, 2.05) is 84.0 Å². The third-order valence-corrected chi connectivity index (χ3v) is 4.90. The highest BCUT2D eigenvalue weighted by Gasteiger charge is 2.22. The van der Waals surface area contributed by atoms with Crippen LogP contribution >= 0.6 is 0 Å². The predicted molar refractivity (Wildman–Crippen MR) is 108 cm³/mol. The molecule has 0 atom stereocenters. The second-order valence-electron chi connectivity index (χ2n) is 6.86. The van der Waals surface area contributed by atoms with Crippen molar-refractivity contribution in [2.45, 2.75) is 6.54 Å². The molecule has 4 rings (SSSR count). The molecule has 2 aromatic carbocycles. The predicted octanol–water partition coefficient (Wildman–Crippen LogP) is 3.83. The van der Waals surface area contributed by atoms with Gasteiger partial charge in [0, 0.05) is 50.7 Å². The summed E-state index contributed by atoms with van der Waals surface area (Å²) >= 11 is 0. The number of nitrogens with zero attached hydrogens (tertiary/aromatic N) is 3. The molecule has 2 heterocycles. The molecule has 3 aromatic rings. The first-order valence-corrected chi connectivity index (χ1v) is 9.51. The molecular formula is C23H23N3O2. The van der Waals surface area contributed by atoms with Crippen LogP contribution in [0.3, 0.4) is 0 Å². The molecule has 0 bridgehead atoms. The van der Waals surface area contributed by atoms with Crippen LogP contribution < -0.4 is 4.74 Å². The lowest BCUT2D eigenvalue weighted by atomic mass is 10.1. The molecule has 5 heteroatoms. The van der Waals surface area contributed by atoms with E-state index in [-0.39, 0.29) is 5.91 Å². The van der Waals surface area contributed by atoms with E-state index in [1.54, 1.807) is 0 Å². The fourth-order valence-corrected chi connectivity index (χ4v) is 3.33. The maximum atomic E-state index is 12.8. The molecule has 1 aliphatic heterocycles. The average molecular weight is 373 g/mol. The van der Waals surface area contributed by atoms with Crippen molar-refractivity contribution in [2.24, 2.45) is 0 Å². The Balaban J connectivity index is 1.31. The molecule has 1 aromatic heterocycles. The summed E-state index contributed by atoms with van der Waals surface area (Å²) in [7, 11) is 0. The maximum absolute atomic E-state index is 12.8. The van der Waals surface area contributed by atoms with Crippen molar-refractivity contribution < 1.29 is 9.53 Å². The maximum Gasteiger partial charge on any atom is 0.253 e. The van der Waals surface area contributed by atoms with E-state index < -0.39 is 0 Å². The zero-order chi connectivity index (χ0) is 19.2. The minimum Gasteiger partial charge on any atom is -0.457 e. The van der Waals surface area contributed by atoms with Gasteiger partial charge in [-0.05, 0) is 54.1 Å². The number of amides is 1. The van der Waals surface area contributed by atoms with Crippen molar-refractivity contribution in [1.82, 2.24) is 14.8 Å². The molecule has 0 saturated carbocycles. The van der Waals surface area contributed by atoms with Gasteiger partial charge in [0.05, 0.1) is 0 Å². The van der Waals surface area contributed by atoms with E-state index in [4.69, 9.17) is 4.74 Å². The number of benzene rings is 2. The van der Waals surface area contributed by atoms with Crippen molar-refractivity contribution in [1.29, 1.82) is 0 Å². The van der Waals surface area contributed by atoms with E-state index in [2.05, 4.69) is 9.88 Å². The van der Waals surface area contributed by atoms with Crippen LogP contribution in [-0.2, 0) is 6.54 Å². The van der Waals surface area contributed by atoms with Crippen LogP contribution in [0, 0.1) is 0 Å². The summed E-state index contributed by atoms with van der Waals surface area (Å²) in [6, 6.07) is 21.1. The Hall–Kier alpha value is -3.18. The van der Waals surface area contributed by atoms with Gasteiger partial charge in [0.25, 0.3) is 5.91 Å². The SMILES string of the molecule is O=C(c1ccc(Oc2ccccc2)cc1)N1CCN(Cc2ccncc2)CC1. The summed E-state index contributed by atoms with van der Waals surface area (Å²) in [6.45, 7) is 4.14. The number of hydrogen-bond acceptors (Lipinski definition) is 4. The van der Waals surface area contributed by atoms with E-state index in [1.165, 1.54) is 5.56 Å². The van der Waals surface area contributed by atoms with Crippen LogP contribution in [0.15, 0.2) is 79.1 Å². The van der Waals surface area contributed by atoms with Gasteiger partial charge in [-0.15, -0.1) is 0 Å². The Morgan fingerprint density at radius 1 is 0.821 bits per heavy atom. The summed E-state index contributed by atoms with van der Waals surface area (Å²) in [4.78, 5) is 21.1. The quantitative estimate of drug-likeness (QED) is 0.682. The first kappa shape index (κ1) is 18.2. The second-order valence-corrected chi connectivity index (χ2v) is 6.86. The van der Waals surface area contributed by atoms with Crippen molar-refractivity contribution in [3.63, 3.8) is 0 Å². The highest BCUT2D eigenvalue weighted by Crippen LogP contribution is 2.22. The van der Waals surface area contributed by atoms with Crippen molar-refractivity contribution in [3.05, 3.63) is 90.3 Å². The van der Waals surface area contributed by atoms with Crippen molar-refractivity contribution in [2.75, 3.05) is 26.2 Å². The highest BCUT2D eigenvalue weighted by molar-refractivity contribution is 5.94. The highest BCUT2D eigenvalue weighted by atomic mass is 16.5. The minimum atomic E-state index is 0.0785. The lowest BCUT2D eigenvalue weighted by Gasteiger charge is -2.34. The van der Waals surface area contributed by atoms with E-state index in [9.17, 15) is 4.79 Å². The topological polar surface area (TPSA) is 45.7 Å². The van der Waals surface area contributed by atoms with Crippen LogP contribution in [0.5, 0.6) is 11.5 Å². The number of aromatic nitrogens is 1. The zero-order valence-electron chi connectivity index (χ0n) is 15.7. The number of rotatable bonds is 5. The summed E-state index contributed by atoms with van der Waals surface area (Å²) in [5.74, 6) is 1.59. The van der Waals surface area contributed by atoms with Gasteiger partial charge >= 0.3 is 0 Å². The third-order valence-electron chi connectivity index (χ3n) is 4.90. The average Bonchev–Trinajstić information content (AvgIpc) is 2.76. The van der Waals surface area contributed by atoms with Gasteiger partial charge in [-0.3, -0.25) is 14.7 Å². The van der Waals surface area contributed by atoms with E-state index in [0.29, 0.717) is 5.56 Å². The monoisotopic (exact) mass is 373 g/mol. The fourth-order valence-electron chi connectivity index (χ4n) is 3.33. The normalized spacial score (nSPS) is 14.6. The molecule has 0 radical (unpaired) electrons. The fraction of sp³-hybridized carbons (Fsp3) is 0.217. The first-order chi connectivity index (χ1) is 13.8. The number of para-hydroxylation sites is 1. The standard InChI is InChI=1S/C23H23N3O2/c27-23(20-6-8-22(9-7-20)28-21-4-2-1-3-5-21)26-16-14-25(15-17-26)18-19-10-12-24-13-11-19/h1-13H,14-18H2. The third kappa shape index (κ3) is 4.56. The molecule has 28 heavy (non-hydrogen) atoms. The molecule has 1 amide bonds. The van der Waals surface area contributed by atoms with Crippen LogP contribution in [0.2, 0.25) is 0 Å². The summed E-state index contributed by atoms with van der Waals surface area (Å²) in [6.07, 6.45) is 3.64. The smallest absolute Gasteiger partial charge is 0.253 e. The number of pyridine rings is 1. The number of hydrogen-bond donors (Lipinski definition) is 0. The van der Waals surface area contributed by atoms with Gasteiger partial charge in [0.1, 0.15) is 11.5 Å². The summed E-state index contributed by atoms with van der Waals surface area (Å²) in [5.41, 5.74) is 1.95. The van der Waals surface area contributed by atoms with Gasteiger partial charge < -0.3 is 9.64 Å². The van der Waals surface area contributed by atoms with E-state index >= 15 is 0 Å². The second kappa shape index (κ2) is 8.67. The first-order valence-electron chi connectivity index (χ1n) is 9.51.